The van der Waals surface area contributed by atoms with E-state index in [1.807, 2.05) is 24.3 Å². The standard InChI is InChI=1S/C56H38N4/c1-3-13-39(14-4-1)41-25-31-47(32-26-41)59(48-33-27-42(28-34-48)45-18-11-17-44(37-45)40-15-5-2-6-16-40)49-35-29-43(30-36-49)46-19-12-20-50(38-46)60-54-24-10-7-21-51(54)55-56(60)58-53-23-9-8-22-52(53)57-55/h1-38H. The molecule has 0 bridgehead atoms. The van der Waals surface area contributed by atoms with E-state index in [1.54, 1.807) is 0 Å². The summed E-state index contributed by atoms with van der Waals surface area (Å²) in [7, 11) is 0. The summed E-state index contributed by atoms with van der Waals surface area (Å²) in [5.74, 6) is 0. The third kappa shape index (κ3) is 6.47. The lowest BCUT2D eigenvalue weighted by Gasteiger charge is -2.26. The molecule has 0 saturated heterocycles. The van der Waals surface area contributed by atoms with Crippen molar-refractivity contribution in [3.05, 3.63) is 231 Å². The van der Waals surface area contributed by atoms with Crippen molar-refractivity contribution in [2.24, 2.45) is 0 Å². The van der Waals surface area contributed by atoms with Gasteiger partial charge in [0.05, 0.1) is 16.6 Å². The van der Waals surface area contributed by atoms with Gasteiger partial charge in [-0.15, -0.1) is 0 Å². The molecule has 2 heterocycles. The van der Waals surface area contributed by atoms with Crippen LogP contribution in [0, 0.1) is 0 Å². The smallest absolute Gasteiger partial charge is 0.165 e. The van der Waals surface area contributed by atoms with Gasteiger partial charge >= 0.3 is 0 Å². The Hall–Kier alpha value is -8.08. The van der Waals surface area contributed by atoms with Gasteiger partial charge in [-0.3, -0.25) is 4.57 Å². The van der Waals surface area contributed by atoms with E-state index >= 15 is 0 Å². The predicted molar refractivity (Wildman–Crippen MR) is 250 cm³/mol. The van der Waals surface area contributed by atoms with Gasteiger partial charge in [-0.2, -0.15) is 0 Å². The Kier molecular flexibility index (Phi) is 8.79. The number of benzene rings is 9. The van der Waals surface area contributed by atoms with Crippen molar-refractivity contribution in [1.29, 1.82) is 0 Å². The van der Waals surface area contributed by atoms with Crippen molar-refractivity contribution in [1.82, 2.24) is 14.5 Å². The molecular formula is C56H38N4. The fourth-order valence-electron chi connectivity index (χ4n) is 8.39. The van der Waals surface area contributed by atoms with Crippen LogP contribution in [-0.2, 0) is 0 Å². The normalized spacial score (nSPS) is 11.3. The van der Waals surface area contributed by atoms with E-state index in [4.69, 9.17) is 9.97 Å². The minimum atomic E-state index is 0.853. The number of aromatic nitrogens is 3. The van der Waals surface area contributed by atoms with Crippen LogP contribution in [-0.4, -0.2) is 14.5 Å². The maximum atomic E-state index is 5.14. The Morgan fingerprint density at radius 3 is 1.32 bits per heavy atom. The van der Waals surface area contributed by atoms with E-state index in [-0.39, 0.29) is 0 Å². The first-order chi connectivity index (χ1) is 29.7. The summed E-state index contributed by atoms with van der Waals surface area (Å²) in [6.07, 6.45) is 0. The van der Waals surface area contributed by atoms with Crippen molar-refractivity contribution >= 4 is 50.2 Å². The molecule has 0 fully saturated rings. The Labute approximate surface area is 348 Å². The maximum Gasteiger partial charge on any atom is 0.165 e. The highest BCUT2D eigenvalue weighted by molar-refractivity contribution is 6.07. The number of para-hydroxylation sites is 3. The third-order valence-electron chi connectivity index (χ3n) is 11.4. The van der Waals surface area contributed by atoms with Crippen molar-refractivity contribution in [2.75, 3.05) is 4.90 Å². The van der Waals surface area contributed by atoms with Gasteiger partial charge in [0.1, 0.15) is 5.52 Å². The van der Waals surface area contributed by atoms with Crippen LogP contribution < -0.4 is 4.90 Å². The summed E-state index contributed by atoms with van der Waals surface area (Å²) in [5, 5.41) is 1.09. The lowest BCUT2D eigenvalue weighted by molar-refractivity contribution is 1.14. The Morgan fingerprint density at radius 2 is 0.733 bits per heavy atom. The maximum absolute atomic E-state index is 5.14. The molecule has 11 aromatic rings. The molecule has 4 nitrogen and oxygen atoms in total. The highest BCUT2D eigenvalue weighted by Crippen LogP contribution is 2.39. The molecule has 0 amide bonds. The van der Waals surface area contributed by atoms with Crippen LogP contribution in [0.2, 0.25) is 0 Å². The Morgan fingerprint density at radius 1 is 0.317 bits per heavy atom. The average molecular weight is 767 g/mol. The predicted octanol–water partition coefficient (Wildman–Crippen LogP) is 14.9. The molecule has 0 N–H and O–H groups in total. The molecule has 282 valence electrons. The van der Waals surface area contributed by atoms with Crippen molar-refractivity contribution in [2.45, 2.75) is 0 Å². The molecule has 2 aromatic heterocycles. The number of anilines is 3. The fourth-order valence-corrected chi connectivity index (χ4v) is 8.39. The topological polar surface area (TPSA) is 34.0 Å². The minimum absolute atomic E-state index is 0.853. The van der Waals surface area contributed by atoms with Gasteiger partial charge in [0.25, 0.3) is 0 Å². The summed E-state index contributed by atoms with van der Waals surface area (Å²) < 4.78 is 2.24. The van der Waals surface area contributed by atoms with Gasteiger partial charge in [0.2, 0.25) is 0 Å². The molecule has 0 atom stereocenters. The molecular weight excluding hydrogens is 729 g/mol. The first-order valence-corrected chi connectivity index (χ1v) is 20.3. The minimum Gasteiger partial charge on any atom is -0.311 e. The molecule has 9 aromatic carbocycles. The first kappa shape index (κ1) is 35.1. The Balaban J connectivity index is 0.960. The molecule has 0 spiro atoms. The molecule has 0 aliphatic rings. The zero-order chi connectivity index (χ0) is 39.8. The summed E-state index contributed by atoms with van der Waals surface area (Å²) in [6, 6.07) is 81.8. The van der Waals surface area contributed by atoms with Crippen LogP contribution in [0.3, 0.4) is 0 Å². The molecule has 0 saturated carbocycles. The monoisotopic (exact) mass is 766 g/mol. The molecule has 0 radical (unpaired) electrons. The molecule has 4 heteroatoms. The SMILES string of the molecule is c1ccc(-c2ccc(N(c3ccc(-c4cccc(-c5ccccc5)c4)cc3)c3ccc(-c4cccc(-n5c6ccccc6c6nc7ccccc7nc65)c4)cc3)cc2)cc1. The second kappa shape index (κ2) is 15.0. The Bertz CT molecular complexity index is 3280. The van der Waals surface area contributed by atoms with E-state index in [0.29, 0.717) is 0 Å². The van der Waals surface area contributed by atoms with Gasteiger partial charge in [-0.05, 0) is 117 Å². The van der Waals surface area contributed by atoms with Gasteiger partial charge in [-0.25, -0.2) is 9.97 Å². The number of rotatable bonds is 8. The van der Waals surface area contributed by atoms with E-state index < -0.39 is 0 Å². The van der Waals surface area contributed by atoms with Crippen molar-refractivity contribution < 1.29 is 0 Å². The number of fused-ring (bicyclic) bond motifs is 4. The molecule has 60 heavy (non-hydrogen) atoms. The average Bonchev–Trinajstić information content (AvgIpc) is 3.65. The van der Waals surface area contributed by atoms with Gasteiger partial charge in [-0.1, -0.05) is 158 Å². The first-order valence-electron chi connectivity index (χ1n) is 20.3. The zero-order valence-corrected chi connectivity index (χ0v) is 32.7. The fraction of sp³-hybridized carbons (Fsp3) is 0. The second-order valence-corrected chi connectivity index (χ2v) is 15.1. The van der Waals surface area contributed by atoms with E-state index in [2.05, 4.69) is 216 Å². The van der Waals surface area contributed by atoms with E-state index in [1.165, 1.54) is 33.4 Å². The molecule has 11 rings (SSSR count). The van der Waals surface area contributed by atoms with Crippen molar-refractivity contribution in [3.8, 4) is 50.2 Å². The highest BCUT2D eigenvalue weighted by Gasteiger charge is 2.17. The van der Waals surface area contributed by atoms with E-state index in [9.17, 15) is 0 Å². The number of hydrogen-bond acceptors (Lipinski definition) is 3. The van der Waals surface area contributed by atoms with Crippen LogP contribution in [0.1, 0.15) is 0 Å². The van der Waals surface area contributed by atoms with Gasteiger partial charge < -0.3 is 4.90 Å². The van der Waals surface area contributed by atoms with Crippen LogP contribution in [0.5, 0.6) is 0 Å². The van der Waals surface area contributed by atoms with Crippen LogP contribution >= 0.6 is 0 Å². The van der Waals surface area contributed by atoms with Gasteiger partial charge in [0.15, 0.2) is 5.65 Å². The van der Waals surface area contributed by atoms with Crippen LogP contribution in [0.15, 0.2) is 231 Å². The summed E-state index contributed by atoms with van der Waals surface area (Å²) in [5.41, 5.74) is 18.3. The zero-order valence-electron chi connectivity index (χ0n) is 32.7. The summed E-state index contributed by atoms with van der Waals surface area (Å²) >= 11 is 0. The largest absolute Gasteiger partial charge is 0.311 e. The molecule has 0 aliphatic carbocycles. The van der Waals surface area contributed by atoms with Gasteiger partial charge in [0, 0.05) is 28.1 Å². The summed E-state index contributed by atoms with van der Waals surface area (Å²) in [4.78, 5) is 12.5. The third-order valence-corrected chi connectivity index (χ3v) is 11.4. The second-order valence-electron chi connectivity index (χ2n) is 15.1. The van der Waals surface area contributed by atoms with Crippen LogP contribution in [0.25, 0.3) is 83.3 Å². The molecule has 0 aliphatic heterocycles. The lowest BCUT2D eigenvalue weighted by Crippen LogP contribution is -2.09. The van der Waals surface area contributed by atoms with Crippen molar-refractivity contribution in [3.63, 3.8) is 0 Å². The number of nitrogens with zero attached hydrogens (tertiary/aromatic N) is 4. The summed E-state index contributed by atoms with van der Waals surface area (Å²) in [6.45, 7) is 0. The number of hydrogen-bond donors (Lipinski definition) is 0. The van der Waals surface area contributed by atoms with E-state index in [0.717, 1.165) is 67.0 Å². The highest BCUT2D eigenvalue weighted by atomic mass is 15.1. The molecule has 0 unspecified atom stereocenters. The van der Waals surface area contributed by atoms with Crippen LogP contribution in [0.4, 0.5) is 17.1 Å². The quantitative estimate of drug-likeness (QED) is 0.154. The lowest BCUT2D eigenvalue weighted by atomic mass is 9.98.